The fourth-order valence-corrected chi connectivity index (χ4v) is 2.52. The fourth-order valence-electron chi connectivity index (χ4n) is 2.40. The Morgan fingerprint density at radius 2 is 2.11 bits per heavy atom. The molecule has 1 aliphatic rings. The topological polar surface area (TPSA) is 20.2 Å². The predicted molar refractivity (Wildman–Crippen MR) is 72.3 cm³/mol. The molecule has 3 heteroatoms. The SMILES string of the molecule is OC(CC1=CCCCC1)Cc1ccc(Cl)c(F)c1. The van der Waals surface area contributed by atoms with Crippen molar-refractivity contribution < 1.29 is 9.50 Å². The van der Waals surface area contributed by atoms with Gasteiger partial charge in [-0.2, -0.15) is 0 Å². The van der Waals surface area contributed by atoms with Crippen LogP contribution in [0, 0.1) is 5.82 Å². The second kappa shape index (κ2) is 6.35. The molecule has 2 rings (SSSR count). The van der Waals surface area contributed by atoms with E-state index in [0.717, 1.165) is 18.4 Å². The lowest BCUT2D eigenvalue weighted by atomic mass is 9.93. The van der Waals surface area contributed by atoms with Gasteiger partial charge in [0.05, 0.1) is 11.1 Å². The van der Waals surface area contributed by atoms with Gasteiger partial charge in [-0.05, 0) is 56.2 Å². The highest BCUT2D eigenvalue weighted by molar-refractivity contribution is 6.30. The zero-order chi connectivity index (χ0) is 13.0. The molecule has 98 valence electrons. The molecule has 0 bridgehead atoms. The number of benzene rings is 1. The average molecular weight is 269 g/mol. The van der Waals surface area contributed by atoms with Crippen LogP contribution >= 0.6 is 11.6 Å². The molecule has 0 aliphatic heterocycles. The first kappa shape index (κ1) is 13.6. The van der Waals surface area contributed by atoms with E-state index in [1.54, 1.807) is 12.1 Å². The summed E-state index contributed by atoms with van der Waals surface area (Å²) in [5.41, 5.74) is 2.13. The van der Waals surface area contributed by atoms with Gasteiger partial charge in [-0.25, -0.2) is 4.39 Å². The Morgan fingerprint density at radius 3 is 2.78 bits per heavy atom. The van der Waals surface area contributed by atoms with Gasteiger partial charge in [-0.1, -0.05) is 29.3 Å². The molecule has 0 saturated heterocycles. The summed E-state index contributed by atoms with van der Waals surface area (Å²) >= 11 is 5.63. The van der Waals surface area contributed by atoms with Gasteiger partial charge < -0.3 is 5.11 Å². The molecule has 18 heavy (non-hydrogen) atoms. The van der Waals surface area contributed by atoms with Crippen LogP contribution in [0.1, 0.15) is 37.7 Å². The molecule has 0 amide bonds. The monoisotopic (exact) mass is 268 g/mol. The highest BCUT2D eigenvalue weighted by Crippen LogP contribution is 2.23. The van der Waals surface area contributed by atoms with Gasteiger partial charge in [0.2, 0.25) is 0 Å². The summed E-state index contributed by atoms with van der Waals surface area (Å²) in [5.74, 6) is -0.418. The highest BCUT2D eigenvalue weighted by atomic mass is 35.5. The number of aliphatic hydroxyl groups excluding tert-OH is 1. The summed E-state index contributed by atoms with van der Waals surface area (Å²) in [4.78, 5) is 0. The Bertz CT molecular complexity index is 442. The van der Waals surface area contributed by atoms with E-state index < -0.39 is 11.9 Å². The molecule has 0 saturated carbocycles. The van der Waals surface area contributed by atoms with Gasteiger partial charge in [-0.15, -0.1) is 0 Å². The van der Waals surface area contributed by atoms with E-state index in [-0.39, 0.29) is 5.02 Å². The third kappa shape index (κ3) is 3.82. The Hall–Kier alpha value is -0.860. The van der Waals surface area contributed by atoms with Crippen LogP contribution in [-0.4, -0.2) is 11.2 Å². The third-order valence-electron chi connectivity index (χ3n) is 3.34. The molecule has 1 aliphatic carbocycles. The molecule has 0 heterocycles. The summed E-state index contributed by atoms with van der Waals surface area (Å²) < 4.78 is 13.3. The number of hydrogen-bond donors (Lipinski definition) is 1. The minimum atomic E-state index is -0.435. The van der Waals surface area contributed by atoms with Crippen LogP contribution in [0.25, 0.3) is 0 Å². The van der Waals surface area contributed by atoms with Crippen molar-refractivity contribution in [2.75, 3.05) is 0 Å². The third-order valence-corrected chi connectivity index (χ3v) is 3.64. The van der Waals surface area contributed by atoms with Crippen molar-refractivity contribution in [1.82, 2.24) is 0 Å². The minimum Gasteiger partial charge on any atom is -0.392 e. The maximum absolute atomic E-state index is 13.3. The summed E-state index contributed by atoms with van der Waals surface area (Å²) in [7, 11) is 0. The van der Waals surface area contributed by atoms with Crippen molar-refractivity contribution in [2.45, 2.75) is 44.6 Å². The van der Waals surface area contributed by atoms with Crippen molar-refractivity contribution in [3.05, 3.63) is 46.3 Å². The Balaban J connectivity index is 1.92. The zero-order valence-electron chi connectivity index (χ0n) is 10.3. The van der Waals surface area contributed by atoms with E-state index in [0.29, 0.717) is 12.8 Å². The molecule has 1 aromatic rings. The van der Waals surface area contributed by atoms with Crippen LogP contribution in [0.5, 0.6) is 0 Å². The lowest BCUT2D eigenvalue weighted by molar-refractivity contribution is 0.173. The average Bonchev–Trinajstić information content (AvgIpc) is 2.35. The molecule has 0 aromatic heterocycles. The van der Waals surface area contributed by atoms with Gasteiger partial charge in [0.1, 0.15) is 5.82 Å². The van der Waals surface area contributed by atoms with E-state index >= 15 is 0 Å². The first-order valence-electron chi connectivity index (χ1n) is 6.45. The summed E-state index contributed by atoms with van der Waals surface area (Å²) in [6.45, 7) is 0. The van der Waals surface area contributed by atoms with Crippen LogP contribution in [0.15, 0.2) is 29.8 Å². The Labute approximate surface area is 112 Å². The number of hydrogen-bond acceptors (Lipinski definition) is 1. The molecule has 1 N–H and O–H groups in total. The lowest BCUT2D eigenvalue weighted by Crippen LogP contribution is -2.12. The van der Waals surface area contributed by atoms with Gasteiger partial charge in [0.15, 0.2) is 0 Å². The molecule has 1 aromatic carbocycles. The Morgan fingerprint density at radius 1 is 1.28 bits per heavy atom. The van der Waals surface area contributed by atoms with E-state index in [4.69, 9.17) is 11.6 Å². The standard InChI is InChI=1S/C15H18ClFO/c16-14-7-6-12(10-15(14)17)9-13(18)8-11-4-2-1-3-5-11/h4,6-7,10,13,18H,1-3,5,8-9H2. The summed E-state index contributed by atoms with van der Waals surface area (Å²) in [5, 5.41) is 10.1. The van der Waals surface area contributed by atoms with Gasteiger partial charge >= 0.3 is 0 Å². The van der Waals surface area contributed by atoms with Crippen LogP contribution in [0.4, 0.5) is 4.39 Å². The largest absolute Gasteiger partial charge is 0.392 e. The maximum atomic E-state index is 13.3. The molecular weight excluding hydrogens is 251 g/mol. The lowest BCUT2D eigenvalue weighted by Gasteiger charge is -2.16. The van der Waals surface area contributed by atoms with Crippen LogP contribution in [0.3, 0.4) is 0 Å². The fraction of sp³-hybridized carbons (Fsp3) is 0.467. The highest BCUT2D eigenvalue weighted by Gasteiger charge is 2.12. The van der Waals surface area contributed by atoms with Crippen molar-refractivity contribution >= 4 is 11.6 Å². The number of rotatable bonds is 4. The normalized spacial score (nSPS) is 17.4. The van der Waals surface area contributed by atoms with Crippen LogP contribution in [-0.2, 0) is 6.42 Å². The molecule has 1 unspecified atom stereocenters. The van der Waals surface area contributed by atoms with E-state index in [1.807, 2.05) is 0 Å². The van der Waals surface area contributed by atoms with Gasteiger partial charge in [0, 0.05) is 0 Å². The molecule has 1 nitrogen and oxygen atoms in total. The van der Waals surface area contributed by atoms with E-state index in [1.165, 1.54) is 24.5 Å². The summed E-state index contributed by atoms with van der Waals surface area (Å²) in [6, 6.07) is 4.71. The van der Waals surface area contributed by atoms with Crippen LogP contribution in [0.2, 0.25) is 5.02 Å². The van der Waals surface area contributed by atoms with Crippen molar-refractivity contribution in [2.24, 2.45) is 0 Å². The molecular formula is C15H18ClFO. The second-order valence-corrected chi connectivity index (χ2v) is 5.33. The number of halogens is 2. The van der Waals surface area contributed by atoms with E-state index in [9.17, 15) is 9.50 Å². The van der Waals surface area contributed by atoms with Gasteiger partial charge in [-0.3, -0.25) is 0 Å². The van der Waals surface area contributed by atoms with E-state index in [2.05, 4.69) is 6.08 Å². The van der Waals surface area contributed by atoms with Crippen molar-refractivity contribution in [1.29, 1.82) is 0 Å². The maximum Gasteiger partial charge on any atom is 0.142 e. The number of aliphatic hydroxyl groups is 1. The van der Waals surface area contributed by atoms with Crippen molar-refractivity contribution in [3.63, 3.8) is 0 Å². The van der Waals surface area contributed by atoms with Crippen molar-refractivity contribution in [3.8, 4) is 0 Å². The zero-order valence-corrected chi connectivity index (χ0v) is 11.1. The second-order valence-electron chi connectivity index (χ2n) is 4.92. The Kier molecular flexibility index (Phi) is 4.79. The molecule has 1 atom stereocenters. The first-order chi connectivity index (χ1) is 8.65. The van der Waals surface area contributed by atoms with Gasteiger partial charge in [0.25, 0.3) is 0 Å². The first-order valence-corrected chi connectivity index (χ1v) is 6.83. The summed E-state index contributed by atoms with van der Waals surface area (Å²) in [6.07, 6.45) is 7.65. The predicted octanol–water partition coefficient (Wildman–Crippen LogP) is 4.27. The quantitative estimate of drug-likeness (QED) is 0.809. The smallest absolute Gasteiger partial charge is 0.142 e. The molecule has 0 fully saturated rings. The number of allylic oxidation sites excluding steroid dienone is 1. The molecule has 0 radical (unpaired) electrons. The molecule has 0 spiro atoms. The minimum absolute atomic E-state index is 0.128. The van der Waals surface area contributed by atoms with Crippen LogP contribution < -0.4 is 0 Å².